The fraction of sp³-hybridized carbons (Fsp3) is 0.475. The number of carboxylic acid groups (broad SMARTS) is 2. The number of nitrogens with one attached hydrogen (secondary N) is 4. The molecular formula is C61H84N14O12S. The Morgan fingerprint density at radius 1 is 0.648 bits per heavy atom. The molecular weight excluding hydrogens is 1150 g/mol. The molecule has 1 saturated heterocycles. The SMILES string of the molecule is CC(=O)[C@@H](CCC(=O)O)NC(=O)N[C@H](CCCCN(Cc1nccc2ccccc12)C(=O)c1ccc(CNC(=O)CCCCCC(=S)Nc2ccc(CC3CN(CC(N)=O)CCN(CC(N)=O)CCN(CC(N)=O)CCN3CC(N)=O)cc2)cc1)C(=O)O. The van der Waals surface area contributed by atoms with E-state index in [1.54, 1.807) is 35.4 Å². The lowest BCUT2D eigenvalue weighted by Gasteiger charge is -2.38. The number of ketones is 1. The first-order valence-corrected chi connectivity index (χ1v) is 29.8. The lowest BCUT2D eigenvalue weighted by molar-refractivity contribution is -0.139. The van der Waals surface area contributed by atoms with Crippen LogP contribution in [0.25, 0.3) is 10.8 Å². The second-order valence-electron chi connectivity index (χ2n) is 22.1. The molecule has 88 heavy (non-hydrogen) atoms. The Hall–Kier alpha value is -8.50. The Morgan fingerprint density at radius 3 is 1.86 bits per heavy atom. The van der Waals surface area contributed by atoms with Crippen molar-refractivity contribution in [3.05, 3.63) is 107 Å². The molecule has 27 heteroatoms. The largest absolute Gasteiger partial charge is 0.481 e. The molecule has 476 valence electrons. The molecule has 5 rings (SSSR count). The summed E-state index contributed by atoms with van der Waals surface area (Å²) in [6.07, 6.45) is 5.32. The summed E-state index contributed by atoms with van der Waals surface area (Å²) in [5.41, 5.74) is 26.1. The van der Waals surface area contributed by atoms with Gasteiger partial charge in [0.25, 0.3) is 5.91 Å². The number of primary amides is 4. The quantitative estimate of drug-likeness (QED) is 0.0235. The molecule has 0 aliphatic carbocycles. The van der Waals surface area contributed by atoms with Gasteiger partial charge in [-0.1, -0.05) is 67.2 Å². The first kappa shape index (κ1) is 70.3. The van der Waals surface area contributed by atoms with E-state index < -0.39 is 59.5 Å². The van der Waals surface area contributed by atoms with E-state index in [9.17, 15) is 53.1 Å². The lowest BCUT2D eigenvalue weighted by Crippen LogP contribution is -2.54. The van der Waals surface area contributed by atoms with Crippen molar-refractivity contribution in [3.8, 4) is 0 Å². The van der Waals surface area contributed by atoms with Gasteiger partial charge in [-0.05, 0) is 105 Å². The number of carbonyl (C=O) groups excluding carboxylic acids is 8. The van der Waals surface area contributed by atoms with E-state index in [-0.39, 0.29) is 82.9 Å². The summed E-state index contributed by atoms with van der Waals surface area (Å²) in [6, 6.07) is 20.5. The molecule has 1 unspecified atom stereocenters. The molecule has 1 aromatic heterocycles. The first-order chi connectivity index (χ1) is 42.0. The topological polar surface area (TPSA) is 392 Å². The number of carbonyl (C=O) groups is 10. The van der Waals surface area contributed by atoms with Gasteiger partial charge < -0.3 is 59.3 Å². The Kier molecular flexibility index (Phi) is 29.2. The van der Waals surface area contributed by atoms with E-state index in [1.165, 1.54) is 6.92 Å². The number of hydrogen-bond acceptors (Lipinski definition) is 16. The van der Waals surface area contributed by atoms with Crippen molar-refractivity contribution in [2.45, 2.75) is 109 Å². The van der Waals surface area contributed by atoms with Gasteiger partial charge in [0.05, 0.1) is 49.4 Å². The second-order valence-corrected chi connectivity index (χ2v) is 22.6. The zero-order valence-corrected chi connectivity index (χ0v) is 50.7. The van der Waals surface area contributed by atoms with Crippen LogP contribution in [-0.2, 0) is 57.9 Å². The number of aliphatic carboxylic acids is 2. The zero-order valence-electron chi connectivity index (χ0n) is 49.9. The predicted octanol–water partition coefficient (Wildman–Crippen LogP) is 1.70. The van der Waals surface area contributed by atoms with Crippen molar-refractivity contribution in [1.82, 2.24) is 45.4 Å². The van der Waals surface area contributed by atoms with Gasteiger partial charge in [0.2, 0.25) is 29.5 Å². The molecule has 0 spiro atoms. The number of urea groups is 1. The standard InChI is InChI=1S/C61H84N14O12S/c1-41(76)49(22-23-58(82)83)69-61(87)70-50(60(85)86)11-7-8-26-75(36-51-48-10-6-5-9-44(48)24-25-66-51)59(84)45-18-14-43(15-19-45)34-67-56(81)12-3-2-4-13-57(88)68-46-20-16-42(17-21-46)33-47-35-73(39-54(64)79)30-29-71(37-52(62)77)27-28-72(38-53(63)78)31-32-74(47)40-55(65)80/h5-6,9-10,14-21,24-25,47,49-50H,2-4,7-8,11-13,22-23,26-40H2,1H3,(H2,62,77)(H2,63,78)(H2,64,79)(H2,65,80)(H,67,81)(H,68,88)(H,82,83)(H,85,86)(H2,69,70,87)/t47?,49-,50-/m1/s1. The molecule has 1 aliphatic heterocycles. The minimum Gasteiger partial charge on any atom is -0.481 e. The van der Waals surface area contributed by atoms with Crippen LogP contribution in [0.3, 0.4) is 0 Å². The molecule has 3 aromatic carbocycles. The fourth-order valence-electron chi connectivity index (χ4n) is 10.3. The zero-order chi connectivity index (χ0) is 64.1. The first-order valence-electron chi connectivity index (χ1n) is 29.4. The normalized spacial score (nSPS) is 15.3. The van der Waals surface area contributed by atoms with E-state index in [0.717, 1.165) is 40.4 Å². The maximum absolute atomic E-state index is 14.2. The van der Waals surface area contributed by atoms with Crippen molar-refractivity contribution in [3.63, 3.8) is 0 Å². The summed E-state index contributed by atoms with van der Waals surface area (Å²) in [7, 11) is 0. The number of fused-ring (bicyclic) bond motifs is 1. The highest BCUT2D eigenvalue weighted by molar-refractivity contribution is 7.80. The van der Waals surface area contributed by atoms with Gasteiger partial charge in [-0.25, -0.2) is 9.59 Å². The summed E-state index contributed by atoms with van der Waals surface area (Å²) in [4.78, 5) is 138. The average Bonchev–Trinajstić information content (AvgIpc) is 1.82. The van der Waals surface area contributed by atoms with Gasteiger partial charge in [-0.15, -0.1) is 0 Å². The molecule has 0 saturated carbocycles. The minimum atomic E-state index is -1.32. The highest BCUT2D eigenvalue weighted by Gasteiger charge is 2.28. The van der Waals surface area contributed by atoms with Crippen molar-refractivity contribution in [2.24, 2.45) is 22.9 Å². The summed E-state index contributed by atoms with van der Waals surface area (Å²) in [5, 5.41) is 31.7. The van der Waals surface area contributed by atoms with Crippen LogP contribution < -0.4 is 44.2 Å². The molecule has 8 amide bonds. The third-order valence-electron chi connectivity index (χ3n) is 15.0. The summed E-state index contributed by atoms with van der Waals surface area (Å²) < 4.78 is 0. The van der Waals surface area contributed by atoms with E-state index in [0.29, 0.717) is 101 Å². The highest BCUT2D eigenvalue weighted by atomic mass is 32.1. The number of nitrogens with two attached hydrogens (primary N) is 4. The van der Waals surface area contributed by atoms with Crippen LogP contribution in [0.1, 0.15) is 98.3 Å². The lowest BCUT2D eigenvalue weighted by atomic mass is 10.0. The number of nitrogens with zero attached hydrogens (tertiary/aromatic N) is 6. The van der Waals surface area contributed by atoms with Gasteiger partial charge in [-0.3, -0.25) is 62.9 Å². The predicted molar refractivity (Wildman–Crippen MR) is 334 cm³/mol. The van der Waals surface area contributed by atoms with Crippen LogP contribution in [-0.4, -0.2) is 201 Å². The third kappa shape index (κ3) is 25.8. The van der Waals surface area contributed by atoms with Crippen LogP contribution in [0.5, 0.6) is 0 Å². The van der Waals surface area contributed by atoms with Gasteiger partial charge in [0.1, 0.15) is 6.04 Å². The number of unbranched alkanes of at least 4 members (excludes halogenated alkanes) is 3. The van der Waals surface area contributed by atoms with Gasteiger partial charge in [-0.2, -0.15) is 0 Å². The number of anilines is 1. The van der Waals surface area contributed by atoms with Crippen LogP contribution >= 0.6 is 12.2 Å². The molecule has 3 atom stereocenters. The monoisotopic (exact) mass is 1240 g/mol. The Labute approximate surface area is 517 Å². The fourth-order valence-corrected chi connectivity index (χ4v) is 10.6. The number of aromatic nitrogens is 1. The van der Waals surface area contributed by atoms with Crippen molar-refractivity contribution >= 4 is 92.9 Å². The van der Waals surface area contributed by atoms with E-state index in [2.05, 4.69) is 26.3 Å². The Balaban J connectivity index is 1.09. The molecule has 1 aliphatic rings. The summed E-state index contributed by atoms with van der Waals surface area (Å²) >= 11 is 5.68. The highest BCUT2D eigenvalue weighted by Crippen LogP contribution is 2.21. The molecule has 26 nitrogen and oxygen atoms in total. The Bertz CT molecular complexity index is 3040. The van der Waals surface area contributed by atoms with Crippen LogP contribution in [0.2, 0.25) is 0 Å². The number of thiocarbonyl (C=S) groups is 1. The number of pyridine rings is 1. The number of rotatable bonds is 34. The van der Waals surface area contributed by atoms with E-state index in [4.69, 9.17) is 40.3 Å². The number of amides is 8. The number of Topliss-reactive ketones (excluding diaryl/α,β-unsaturated/α-hetero) is 1. The number of carboxylic acids is 2. The second kappa shape index (κ2) is 36.6. The minimum absolute atomic E-state index is 0.00582. The maximum atomic E-state index is 14.2. The van der Waals surface area contributed by atoms with Crippen LogP contribution in [0.4, 0.5) is 10.5 Å². The molecule has 4 aromatic rings. The van der Waals surface area contributed by atoms with Crippen molar-refractivity contribution in [1.29, 1.82) is 0 Å². The van der Waals surface area contributed by atoms with Gasteiger partial charge >= 0.3 is 18.0 Å². The molecule has 1 fully saturated rings. The number of hydrogen-bond donors (Lipinski definition) is 10. The number of benzene rings is 3. The van der Waals surface area contributed by atoms with Gasteiger partial charge in [0.15, 0.2) is 5.78 Å². The van der Waals surface area contributed by atoms with Crippen LogP contribution in [0, 0.1) is 0 Å². The van der Waals surface area contributed by atoms with Crippen molar-refractivity contribution in [2.75, 3.05) is 83.9 Å². The Morgan fingerprint density at radius 2 is 1.24 bits per heavy atom. The maximum Gasteiger partial charge on any atom is 0.326 e. The molecule has 14 N–H and O–H groups in total. The third-order valence-corrected chi connectivity index (χ3v) is 15.3. The van der Waals surface area contributed by atoms with E-state index in [1.807, 2.05) is 74.2 Å². The van der Waals surface area contributed by atoms with Gasteiger partial charge in [0, 0.05) is 101 Å². The average molecular weight is 1240 g/mol. The van der Waals surface area contributed by atoms with E-state index >= 15 is 0 Å². The van der Waals surface area contributed by atoms with Crippen LogP contribution in [0.15, 0.2) is 85.1 Å². The summed E-state index contributed by atoms with van der Waals surface area (Å²) in [6.45, 7) is 4.24. The molecule has 0 bridgehead atoms. The molecule has 0 radical (unpaired) electrons. The van der Waals surface area contributed by atoms with Crippen molar-refractivity contribution < 1.29 is 58.2 Å². The summed E-state index contributed by atoms with van der Waals surface area (Å²) in [5.74, 6) is -5.45. The molecule has 2 heterocycles. The smallest absolute Gasteiger partial charge is 0.326 e.